The van der Waals surface area contributed by atoms with E-state index in [1.807, 2.05) is 6.08 Å². The van der Waals surface area contributed by atoms with Crippen LogP contribution in [0.4, 0.5) is 0 Å². The second-order valence-electron chi connectivity index (χ2n) is 2.54. The summed E-state index contributed by atoms with van der Waals surface area (Å²) in [5, 5.41) is 26.4. The summed E-state index contributed by atoms with van der Waals surface area (Å²) in [4.78, 5) is 0. The van der Waals surface area contributed by atoms with E-state index in [4.69, 9.17) is 10.5 Å². The second-order valence-corrected chi connectivity index (χ2v) is 2.54. The molecule has 1 rings (SSSR count). The highest BCUT2D eigenvalue weighted by Gasteiger charge is 2.15. The Labute approximate surface area is 70.9 Å². The predicted octanol–water partition coefficient (Wildman–Crippen LogP) is 1.04. The molecule has 1 aliphatic rings. The molecule has 1 N–H and O–H groups in total. The Bertz CT molecular complexity index is 298. The van der Waals surface area contributed by atoms with Crippen LogP contribution in [0.3, 0.4) is 0 Å². The molecule has 1 aliphatic carbocycles. The molecular formula is C9H8N2O. The van der Waals surface area contributed by atoms with Crippen LogP contribution in [-0.2, 0) is 0 Å². The van der Waals surface area contributed by atoms with Gasteiger partial charge in [0, 0.05) is 0 Å². The van der Waals surface area contributed by atoms with Gasteiger partial charge in [-0.1, -0.05) is 12.2 Å². The van der Waals surface area contributed by atoms with Gasteiger partial charge in [-0.2, -0.15) is 10.5 Å². The highest BCUT2D eigenvalue weighted by Crippen LogP contribution is 2.20. The molecule has 0 aromatic carbocycles. The minimum absolute atomic E-state index is 0.0480. The van der Waals surface area contributed by atoms with Gasteiger partial charge >= 0.3 is 0 Å². The summed E-state index contributed by atoms with van der Waals surface area (Å²) in [5.74, 6) is 0. The molecule has 0 saturated heterocycles. The molecule has 0 heterocycles. The molecule has 0 bridgehead atoms. The van der Waals surface area contributed by atoms with Crippen molar-refractivity contribution in [2.24, 2.45) is 0 Å². The Morgan fingerprint density at radius 3 is 2.67 bits per heavy atom. The largest absolute Gasteiger partial charge is 0.385 e. The zero-order valence-electron chi connectivity index (χ0n) is 6.49. The van der Waals surface area contributed by atoms with Crippen LogP contribution in [0.2, 0.25) is 0 Å². The lowest BCUT2D eigenvalue weighted by Gasteiger charge is -2.14. The predicted molar refractivity (Wildman–Crippen MR) is 42.6 cm³/mol. The minimum atomic E-state index is -0.743. The summed E-state index contributed by atoms with van der Waals surface area (Å²) in [6, 6.07) is 3.55. The van der Waals surface area contributed by atoms with E-state index in [1.54, 1.807) is 18.2 Å². The summed E-state index contributed by atoms with van der Waals surface area (Å²) in [6.45, 7) is 0. The molecule has 0 radical (unpaired) electrons. The van der Waals surface area contributed by atoms with E-state index in [9.17, 15) is 5.11 Å². The first kappa shape index (κ1) is 8.52. The van der Waals surface area contributed by atoms with E-state index in [1.165, 1.54) is 0 Å². The average Bonchev–Trinajstić information content (AvgIpc) is 2.10. The molecule has 60 valence electrons. The fourth-order valence-corrected chi connectivity index (χ4v) is 1.17. The van der Waals surface area contributed by atoms with Crippen molar-refractivity contribution in [1.29, 1.82) is 10.5 Å². The Morgan fingerprint density at radius 2 is 2.17 bits per heavy atom. The third kappa shape index (κ3) is 1.53. The number of aliphatic hydroxyl groups excluding tert-OH is 1. The first-order valence-corrected chi connectivity index (χ1v) is 3.67. The van der Waals surface area contributed by atoms with Crippen molar-refractivity contribution in [3.8, 4) is 12.1 Å². The highest BCUT2D eigenvalue weighted by atomic mass is 16.3. The van der Waals surface area contributed by atoms with E-state index in [-0.39, 0.29) is 5.57 Å². The molecule has 0 aromatic heterocycles. The van der Waals surface area contributed by atoms with Crippen LogP contribution in [0.15, 0.2) is 23.3 Å². The van der Waals surface area contributed by atoms with Gasteiger partial charge in [0.25, 0.3) is 0 Å². The van der Waals surface area contributed by atoms with Gasteiger partial charge in [0.1, 0.15) is 17.7 Å². The van der Waals surface area contributed by atoms with Gasteiger partial charge in [0.15, 0.2) is 0 Å². The topological polar surface area (TPSA) is 67.8 Å². The van der Waals surface area contributed by atoms with Gasteiger partial charge in [0.2, 0.25) is 0 Å². The monoisotopic (exact) mass is 160 g/mol. The van der Waals surface area contributed by atoms with Crippen molar-refractivity contribution in [3.63, 3.8) is 0 Å². The standard InChI is InChI=1S/C9H8N2O/c10-5-7(6-11)8-3-1-2-4-9(8)12/h2,4,9,12H,1,3H2. The van der Waals surface area contributed by atoms with Crippen LogP contribution in [0.25, 0.3) is 0 Å². The minimum Gasteiger partial charge on any atom is -0.385 e. The first-order chi connectivity index (χ1) is 5.79. The molecule has 1 atom stereocenters. The maximum atomic E-state index is 9.35. The van der Waals surface area contributed by atoms with Crippen molar-refractivity contribution < 1.29 is 5.11 Å². The normalized spacial score (nSPS) is 21.2. The zero-order chi connectivity index (χ0) is 8.97. The smallest absolute Gasteiger partial charge is 0.131 e. The average molecular weight is 160 g/mol. The zero-order valence-corrected chi connectivity index (χ0v) is 6.49. The van der Waals surface area contributed by atoms with Gasteiger partial charge in [-0.05, 0) is 18.4 Å². The molecule has 1 unspecified atom stereocenters. The Morgan fingerprint density at radius 1 is 1.50 bits per heavy atom. The summed E-state index contributed by atoms with van der Waals surface area (Å²) < 4.78 is 0. The molecule has 3 heteroatoms. The van der Waals surface area contributed by atoms with Crippen molar-refractivity contribution in [1.82, 2.24) is 0 Å². The molecule has 0 spiro atoms. The van der Waals surface area contributed by atoms with Gasteiger partial charge in [-0.15, -0.1) is 0 Å². The third-order valence-electron chi connectivity index (χ3n) is 1.80. The number of nitriles is 2. The molecule has 12 heavy (non-hydrogen) atoms. The highest BCUT2D eigenvalue weighted by molar-refractivity contribution is 5.43. The van der Waals surface area contributed by atoms with Gasteiger partial charge in [-0.25, -0.2) is 0 Å². The number of nitrogens with zero attached hydrogens (tertiary/aromatic N) is 2. The van der Waals surface area contributed by atoms with Crippen LogP contribution in [0.1, 0.15) is 12.8 Å². The third-order valence-corrected chi connectivity index (χ3v) is 1.80. The van der Waals surface area contributed by atoms with Crippen molar-refractivity contribution in [2.75, 3.05) is 0 Å². The second kappa shape index (κ2) is 3.71. The molecule has 0 amide bonds. The quantitative estimate of drug-likeness (QED) is 0.425. The maximum absolute atomic E-state index is 9.35. The fourth-order valence-electron chi connectivity index (χ4n) is 1.17. The van der Waals surface area contributed by atoms with Gasteiger partial charge < -0.3 is 5.11 Å². The SMILES string of the molecule is N#CC(C#N)=C1CCC=CC1O. The molecule has 0 aromatic rings. The maximum Gasteiger partial charge on any atom is 0.131 e. The van der Waals surface area contributed by atoms with E-state index in [2.05, 4.69) is 0 Å². The van der Waals surface area contributed by atoms with Gasteiger partial charge in [-0.3, -0.25) is 0 Å². The fraction of sp³-hybridized carbons (Fsp3) is 0.333. The van der Waals surface area contributed by atoms with Crippen LogP contribution < -0.4 is 0 Å². The summed E-state index contributed by atoms with van der Waals surface area (Å²) >= 11 is 0. The van der Waals surface area contributed by atoms with Crippen molar-refractivity contribution in [2.45, 2.75) is 18.9 Å². The van der Waals surface area contributed by atoms with Crippen LogP contribution in [0.5, 0.6) is 0 Å². The molecule has 0 aliphatic heterocycles. The van der Waals surface area contributed by atoms with Crippen molar-refractivity contribution >= 4 is 0 Å². The first-order valence-electron chi connectivity index (χ1n) is 3.67. The van der Waals surface area contributed by atoms with E-state index >= 15 is 0 Å². The molecular weight excluding hydrogens is 152 g/mol. The summed E-state index contributed by atoms with van der Waals surface area (Å²) in [7, 11) is 0. The molecule has 0 saturated carbocycles. The lowest BCUT2D eigenvalue weighted by Crippen LogP contribution is -2.12. The number of aliphatic hydroxyl groups is 1. The van der Waals surface area contributed by atoms with Crippen LogP contribution in [-0.4, -0.2) is 11.2 Å². The summed E-state index contributed by atoms with van der Waals surface area (Å²) in [6.07, 6.45) is 4.11. The summed E-state index contributed by atoms with van der Waals surface area (Å²) in [5.41, 5.74) is 0.592. The van der Waals surface area contributed by atoms with Crippen LogP contribution >= 0.6 is 0 Å². The van der Waals surface area contributed by atoms with Gasteiger partial charge in [0.05, 0.1) is 6.10 Å². The number of allylic oxidation sites excluding steroid dienone is 2. The Kier molecular flexibility index (Phi) is 2.63. The van der Waals surface area contributed by atoms with Crippen molar-refractivity contribution in [3.05, 3.63) is 23.3 Å². The molecule has 0 fully saturated rings. The Balaban J connectivity index is 3.03. The van der Waals surface area contributed by atoms with Crippen LogP contribution in [0, 0.1) is 22.7 Å². The Hall–Kier alpha value is -1.58. The number of hydrogen-bond donors (Lipinski definition) is 1. The number of rotatable bonds is 0. The lowest BCUT2D eigenvalue weighted by atomic mass is 9.94. The van der Waals surface area contributed by atoms with E-state index in [0.717, 1.165) is 6.42 Å². The number of hydrogen-bond acceptors (Lipinski definition) is 3. The lowest BCUT2D eigenvalue weighted by molar-refractivity contribution is 0.250. The van der Waals surface area contributed by atoms with E-state index < -0.39 is 6.10 Å². The van der Waals surface area contributed by atoms with E-state index in [0.29, 0.717) is 12.0 Å². The molecule has 3 nitrogen and oxygen atoms in total.